The molecule has 340 valence electrons. The van der Waals surface area contributed by atoms with Gasteiger partial charge in [0.15, 0.2) is 0 Å². The van der Waals surface area contributed by atoms with Crippen molar-refractivity contribution < 1.29 is 0 Å². The number of rotatable bonds is 6. The lowest BCUT2D eigenvalue weighted by Crippen LogP contribution is -2.35. The van der Waals surface area contributed by atoms with Crippen LogP contribution in [0, 0.1) is 0 Å². The third kappa shape index (κ3) is 5.96. The van der Waals surface area contributed by atoms with E-state index in [1.807, 2.05) is 0 Å². The Kier molecular flexibility index (Phi) is 8.98. The number of hydrogen-bond donors (Lipinski definition) is 0. The summed E-state index contributed by atoms with van der Waals surface area (Å²) in [5.74, 6) is 0. The van der Waals surface area contributed by atoms with Crippen molar-refractivity contribution in [3.05, 3.63) is 261 Å². The van der Waals surface area contributed by atoms with Gasteiger partial charge in [-0.3, -0.25) is 0 Å². The van der Waals surface area contributed by atoms with E-state index in [0.717, 1.165) is 79.8 Å². The summed E-state index contributed by atoms with van der Waals surface area (Å²) < 4.78 is 5.01. The Morgan fingerprint density at radius 3 is 1.39 bits per heavy atom. The molecule has 3 aliphatic rings. The molecule has 2 aliphatic heterocycles. The predicted octanol–water partition coefficient (Wildman–Crippen LogP) is 17.9. The van der Waals surface area contributed by atoms with E-state index >= 15 is 0 Å². The first kappa shape index (κ1) is 40.4. The van der Waals surface area contributed by atoms with E-state index in [-0.39, 0.29) is 6.04 Å². The van der Waals surface area contributed by atoms with E-state index in [1.54, 1.807) is 0 Å². The number of fused-ring (bicyclic) bond motifs is 11. The fourth-order valence-corrected chi connectivity index (χ4v) is 12.0. The van der Waals surface area contributed by atoms with Crippen molar-refractivity contribution in [2.75, 3.05) is 19.6 Å². The zero-order valence-electron chi connectivity index (χ0n) is 39.3. The van der Waals surface area contributed by atoms with Crippen molar-refractivity contribution >= 4 is 106 Å². The minimum atomic E-state index is 0.152. The van der Waals surface area contributed by atoms with Crippen molar-refractivity contribution in [1.29, 1.82) is 0 Å². The molecule has 10 aromatic carbocycles. The van der Waals surface area contributed by atoms with Crippen molar-refractivity contribution in [2.24, 2.45) is 0 Å². The van der Waals surface area contributed by atoms with Crippen LogP contribution in [0.4, 0.5) is 62.6 Å². The van der Waals surface area contributed by atoms with Gasteiger partial charge in [0.1, 0.15) is 0 Å². The summed E-state index contributed by atoms with van der Waals surface area (Å²) in [5.41, 5.74) is 19.4. The van der Waals surface area contributed by atoms with Crippen LogP contribution in [0.2, 0.25) is 0 Å². The van der Waals surface area contributed by atoms with Crippen molar-refractivity contribution in [3.8, 4) is 11.4 Å². The van der Waals surface area contributed by atoms with Gasteiger partial charge >= 0.3 is 0 Å². The fraction of sp³-hybridized carbons (Fsp3) is 0.0303. The number of para-hydroxylation sites is 9. The van der Waals surface area contributed by atoms with Crippen molar-refractivity contribution in [1.82, 2.24) is 9.13 Å². The summed E-state index contributed by atoms with van der Waals surface area (Å²) in [6.07, 6.45) is 9.91. The summed E-state index contributed by atoms with van der Waals surface area (Å²) in [5, 5.41) is 4.87. The standard InChI is InChI=1S/C66H46N6/c1-5-21-45(22-6-1)67-56-33-17-19-35-58(56)69(47-25-9-3-10-26-47)63-43-49(37-40-60(63)67)71-55-32-16-14-30-53(55)65-62(71)42-39-52-51-29-13-15-31-54(51)72(66(52)65)50-38-41-61-64(44-50)70(48-27-11-4-12-28-48)59-36-20-18-34-57(59)68(61)46-23-7-2-8-24-46/h1-25,27-44,47H,26H2. The molecule has 1 atom stereocenters. The first-order valence-corrected chi connectivity index (χ1v) is 24.9. The fourth-order valence-electron chi connectivity index (χ4n) is 12.0. The molecule has 15 rings (SSSR count). The minimum absolute atomic E-state index is 0.152. The maximum absolute atomic E-state index is 2.56. The van der Waals surface area contributed by atoms with Crippen molar-refractivity contribution in [3.63, 3.8) is 0 Å². The Hall–Kier alpha value is -9.52. The Bertz CT molecular complexity index is 4170. The largest absolute Gasteiger partial charge is 0.331 e. The predicted molar refractivity (Wildman–Crippen MR) is 302 cm³/mol. The zero-order chi connectivity index (χ0) is 47.3. The van der Waals surface area contributed by atoms with Crippen LogP contribution >= 0.6 is 0 Å². The van der Waals surface area contributed by atoms with Crippen LogP contribution in [0.3, 0.4) is 0 Å². The number of hydrogen-bond acceptors (Lipinski definition) is 4. The average molecular weight is 923 g/mol. The molecule has 0 spiro atoms. The van der Waals surface area contributed by atoms with Crippen LogP contribution in [0.25, 0.3) is 55.0 Å². The van der Waals surface area contributed by atoms with Gasteiger partial charge in [0.05, 0.1) is 73.6 Å². The molecule has 72 heavy (non-hydrogen) atoms. The lowest BCUT2D eigenvalue weighted by atomic mass is 9.99. The molecule has 0 bridgehead atoms. The molecular formula is C66H46N6. The summed E-state index contributed by atoms with van der Waals surface area (Å²) in [4.78, 5) is 9.82. The lowest BCUT2D eigenvalue weighted by molar-refractivity contribution is 0.779. The van der Waals surface area contributed by atoms with Crippen molar-refractivity contribution in [2.45, 2.75) is 12.5 Å². The molecule has 12 aromatic rings. The Labute approximate surface area is 417 Å². The molecule has 0 saturated heterocycles. The second-order valence-electron chi connectivity index (χ2n) is 18.9. The van der Waals surface area contributed by atoms with Gasteiger partial charge in [-0.1, -0.05) is 146 Å². The highest BCUT2D eigenvalue weighted by atomic mass is 15.3. The third-order valence-corrected chi connectivity index (χ3v) is 15.0. The van der Waals surface area contributed by atoms with E-state index in [9.17, 15) is 0 Å². The number of nitrogens with zero attached hydrogens (tertiary/aromatic N) is 6. The van der Waals surface area contributed by atoms with Crippen LogP contribution in [-0.4, -0.2) is 15.2 Å². The summed E-state index contributed by atoms with van der Waals surface area (Å²) in [6.45, 7) is 0. The summed E-state index contributed by atoms with van der Waals surface area (Å²) >= 11 is 0. The van der Waals surface area contributed by atoms with Crippen LogP contribution in [0.15, 0.2) is 261 Å². The highest BCUT2D eigenvalue weighted by molar-refractivity contribution is 6.26. The maximum atomic E-state index is 2.56. The zero-order valence-corrected chi connectivity index (χ0v) is 39.3. The van der Waals surface area contributed by atoms with Gasteiger partial charge in [0, 0.05) is 50.0 Å². The van der Waals surface area contributed by atoms with Gasteiger partial charge in [0.25, 0.3) is 0 Å². The second kappa shape index (κ2) is 16.0. The van der Waals surface area contributed by atoms with E-state index in [1.165, 1.54) is 44.1 Å². The molecule has 0 saturated carbocycles. The smallest absolute Gasteiger partial charge is 0.0724 e. The Morgan fingerprint density at radius 1 is 0.306 bits per heavy atom. The van der Waals surface area contributed by atoms with Gasteiger partial charge in [-0.15, -0.1) is 0 Å². The van der Waals surface area contributed by atoms with E-state index in [4.69, 9.17) is 0 Å². The van der Waals surface area contributed by atoms with Crippen LogP contribution in [-0.2, 0) is 0 Å². The van der Waals surface area contributed by atoms with E-state index < -0.39 is 0 Å². The van der Waals surface area contributed by atoms with E-state index in [0.29, 0.717) is 0 Å². The summed E-state index contributed by atoms with van der Waals surface area (Å²) in [6, 6.07) is 86.8. The first-order chi connectivity index (χ1) is 35.8. The Balaban J connectivity index is 0.984. The Morgan fingerprint density at radius 2 is 0.778 bits per heavy atom. The first-order valence-electron chi connectivity index (χ1n) is 24.9. The number of aromatic nitrogens is 2. The van der Waals surface area contributed by atoms with E-state index in [2.05, 4.69) is 290 Å². The number of allylic oxidation sites excluding steroid dienone is 2. The highest BCUT2D eigenvalue weighted by Crippen LogP contribution is 2.56. The molecule has 1 aliphatic carbocycles. The molecule has 0 radical (unpaired) electrons. The van der Waals surface area contributed by atoms with Gasteiger partial charge in [0.2, 0.25) is 0 Å². The molecule has 0 fully saturated rings. The monoisotopic (exact) mass is 922 g/mol. The number of anilines is 11. The maximum Gasteiger partial charge on any atom is 0.0724 e. The number of benzene rings is 10. The topological polar surface area (TPSA) is 22.8 Å². The summed E-state index contributed by atoms with van der Waals surface area (Å²) in [7, 11) is 0. The van der Waals surface area contributed by atoms with Crippen LogP contribution in [0.1, 0.15) is 6.42 Å². The quantitative estimate of drug-likeness (QED) is 0.166. The molecule has 6 nitrogen and oxygen atoms in total. The molecular weight excluding hydrogens is 877 g/mol. The highest BCUT2D eigenvalue weighted by Gasteiger charge is 2.35. The van der Waals surface area contributed by atoms with Crippen LogP contribution < -0.4 is 19.6 Å². The van der Waals surface area contributed by atoms with Gasteiger partial charge < -0.3 is 28.7 Å². The molecule has 2 aromatic heterocycles. The SMILES string of the molecule is C1=CCC(N2c3ccccc3N(c3ccccc3)c3ccc(-n4c5ccccc5c5c4ccc4c6ccccc6n(-c6ccc7c(c6)N(c6ccccc6)c6ccccc6N7c6ccccc6)c45)cc32)C=C1. The lowest BCUT2D eigenvalue weighted by Gasteiger charge is -2.43. The second-order valence-corrected chi connectivity index (χ2v) is 18.9. The third-order valence-electron chi connectivity index (χ3n) is 15.0. The molecule has 0 N–H and O–H groups in total. The minimum Gasteiger partial charge on any atom is -0.331 e. The van der Waals surface area contributed by atoms with Gasteiger partial charge in [-0.2, -0.15) is 0 Å². The van der Waals surface area contributed by atoms with Crippen LogP contribution in [0.5, 0.6) is 0 Å². The molecule has 1 unspecified atom stereocenters. The molecule has 0 amide bonds. The van der Waals surface area contributed by atoms with Gasteiger partial charge in [-0.25, -0.2) is 0 Å². The molecule has 6 heteroatoms. The average Bonchev–Trinajstić information content (AvgIpc) is 3.97. The normalized spacial score (nSPS) is 14.8. The van der Waals surface area contributed by atoms with Gasteiger partial charge in [-0.05, 0) is 122 Å². The molecule has 4 heterocycles.